The lowest BCUT2D eigenvalue weighted by Gasteiger charge is -2.41. The van der Waals surface area contributed by atoms with Crippen molar-refractivity contribution in [1.29, 1.82) is 0 Å². The smallest absolute Gasteiger partial charge is 0.381 e. The molecule has 0 amide bonds. The molecular weight excluding hydrogens is 403 g/mol. The van der Waals surface area contributed by atoms with Gasteiger partial charge in [-0.15, -0.1) is 0 Å². The minimum Gasteiger partial charge on any atom is -0.381 e. The Morgan fingerprint density at radius 2 is 2.03 bits per heavy atom. The van der Waals surface area contributed by atoms with Crippen molar-refractivity contribution in [3.05, 3.63) is 30.2 Å². The Morgan fingerprint density at radius 1 is 1.28 bits per heavy atom. The van der Waals surface area contributed by atoms with Crippen molar-refractivity contribution in [2.24, 2.45) is 5.92 Å². The number of nitrogens with zero attached hydrogens (tertiary/aromatic N) is 4. The van der Waals surface area contributed by atoms with Gasteiger partial charge in [-0.2, -0.15) is 13.2 Å². The fraction of sp³-hybridized carbons (Fsp3) is 0.526. The first kappa shape index (κ1) is 20.2. The third-order valence-electron chi connectivity index (χ3n) is 5.77. The van der Waals surface area contributed by atoms with Gasteiger partial charge in [-0.1, -0.05) is 18.7 Å². The van der Waals surface area contributed by atoms with Gasteiger partial charge < -0.3 is 15.4 Å². The lowest BCUT2D eigenvalue weighted by atomic mass is 9.81. The molecule has 2 fully saturated rings. The number of anilines is 2. The van der Waals surface area contributed by atoms with Crippen LogP contribution in [0, 0.1) is 5.92 Å². The first-order chi connectivity index (χ1) is 13.8. The summed E-state index contributed by atoms with van der Waals surface area (Å²) >= 11 is 0.819. The molecule has 2 aromatic rings. The summed E-state index contributed by atoms with van der Waals surface area (Å²) in [5.41, 5.74) is 5.03. The molecule has 0 bridgehead atoms. The first-order valence-corrected chi connectivity index (χ1v) is 10.3. The number of rotatable bonds is 3. The maximum absolute atomic E-state index is 13.2. The Kier molecular flexibility index (Phi) is 5.32. The highest BCUT2D eigenvalue weighted by molar-refractivity contribution is 7.99. The zero-order valence-corrected chi connectivity index (χ0v) is 16.8. The number of piperidine rings is 1. The number of nitrogens with two attached hydrogens (primary N) is 1. The number of pyridine rings is 1. The first-order valence-electron chi connectivity index (χ1n) is 9.50. The lowest BCUT2D eigenvalue weighted by molar-refractivity contribution is -0.143. The predicted molar refractivity (Wildman–Crippen MR) is 104 cm³/mol. The summed E-state index contributed by atoms with van der Waals surface area (Å²) in [4.78, 5) is 14.2. The molecule has 10 heteroatoms. The van der Waals surface area contributed by atoms with E-state index in [0.29, 0.717) is 11.7 Å². The summed E-state index contributed by atoms with van der Waals surface area (Å²) < 4.78 is 45.5. The van der Waals surface area contributed by atoms with E-state index in [0.717, 1.165) is 56.9 Å². The van der Waals surface area contributed by atoms with Crippen LogP contribution < -0.4 is 10.6 Å². The summed E-state index contributed by atoms with van der Waals surface area (Å²) in [6.45, 7) is 4.62. The number of halogens is 3. The van der Waals surface area contributed by atoms with Gasteiger partial charge in [-0.25, -0.2) is 9.97 Å². The van der Waals surface area contributed by atoms with Crippen molar-refractivity contribution < 1.29 is 17.9 Å². The van der Waals surface area contributed by atoms with E-state index in [1.807, 2.05) is 0 Å². The Bertz CT molecular complexity index is 886. The molecule has 2 aromatic heterocycles. The second kappa shape index (κ2) is 7.64. The van der Waals surface area contributed by atoms with E-state index in [1.165, 1.54) is 12.1 Å². The Labute approximate surface area is 171 Å². The second-order valence-electron chi connectivity index (χ2n) is 7.46. The van der Waals surface area contributed by atoms with E-state index < -0.39 is 11.9 Å². The number of aromatic nitrogens is 3. The molecule has 1 spiro atoms. The van der Waals surface area contributed by atoms with E-state index in [2.05, 4.69) is 26.8 Å². The highest BCUT2D eigenvalue weighted by Crippen LogP contribution is 2.42. The summed E-state index contributed by atoms with van der Waals surface area (Å²) in [6, 6.07) is 2.80. The summed E-state index contributed by atoms with van der Waals surface area (Å²) in [5.74, 6) is 1.28. The Morgan fingerprint density at radius 3 is 2.66 bits per heavy atom. The molecule has 0 radical (unpaired) electrons. The molecule has 29 heavy (non-hydrogen) atoms. The number of ether oxygens (including phenoxy) is 1. The number of nitrogen functional groups attached to an aromatic ring is 1. The number of hydrogen-bond acceptors (Lipinski definition) is 7. The van der Waals surface area contributed by atoms with Crippen LogP contribution in [0.2, 0.25) is 0 Å². The van der Waals surface area contributed by atoms with Crippen LogP contribution in [-0.2, 0) is 10.9 Å². The second-order valence-corrected chi connectivity index (χ2v) is 8.49. The van der Waals surface area contributed by atoms with Crippen LogP contribution in [0.15, 0.2) is 34.4 Å². The topological polar surface area (TPSA) is 77.2 Å². The summed E-state index contributed by atoms with van der Waals surface area (Å²) in [7, 11) is 0. The van der Waals surface area contributed by atoms with Gasteiger partial charge in [0, 0.05) is 30.8 Å². The molecule has 0 aliphatic carbocycles. The maximum Gasteiger partial charge on any atom is 0.434 e. The van der Waals surface area contributed by atoms with Gasteiger partial charge >= 0.3 is 6.18 Å². The predicted octanol–water partition coefficient (Wildman–Crippen LogP) is 4.02. The maximum atomic E-state index is 13.2. The molecule has 0 unspecified atom stereocenters. The molecule has 2 aliphatic rings. The van der Waals surface area contributed by atoms with Crippen LogP contribution >= 0.6 is 11.8 Å². The average molecular weight is 425 g/mol. The molecule has 2 aliphatic heterocycles. The van der Waals surface area contributed by atoms with Crippen molar-refractivity contribution in [2.45, 2.75) is 47.9 Å². The van der Waals surface area contributed by atoms with E-state index in [1.54, 1.807) is 6.20 Å². The molecule has 1 atom stereocenters. The van der Waals surface area contributed by atoms with Crippen LogP contribution in [0.4, 0.5) is 24.8 Å². The van der Waals surface area contributed by atoms with Gasteiger partial charge in [0.05, 0.1) is 11.8 Å². The van der Waals surface area contributed by atoms with Gasteiger partial charge in [0.1, 0.15) is 10.8 Å². The minimum atomic E-state index is -4.55. The molecule has 6 nitrogen and oxygen atoms in total. The average Bonchev–Trinajstić information content (AvgIpc) is 3.03. The normalized spacial score (nSPS) is 21.7. The Balaban J connectivity index is 1.48. The van der Waals surface area contributed by atoms with Gasteiger partial charge in [-0.3, -0.25) is 4.98 Å². The zero-order valence-electron chi connectivity index (χ0n) is 15.9. The van der Waals surface area contributed by atoms with E-state index in [4.69, 9.17) is 10.5 Å². The van der Waals surface area contributed by atoms with Gasteiger partial charge in [0.25, 0.3) is 0 Å². The van der Waals surface area contributed by atoms with E-state index in [9.17, 15) is 13.2 Å². The zero-order chi connectivity index (χ0) is 20.6. The van der Waals surface area contributed by atoms with E-state index >= 15 is 0 Å². The molecule has 156 valence electrons. The standard InChI is InChI=1S/C19H22F3N5OS/c1-12-4-10-28-18(12)5-8-27(9-6-18)14-11-25-17(16(23)26-14)29-13-3-2-7-24-15(13)19(20,21)22/h2-3,7,11-12H,4-6,8-10H2,1H3,(H2,23,26)/t12-/m1/s1. The number of hydrogen-bond donors (Lipinski definition) is 1. The number of alkyl halides is 3. The SMILES string of the molecule is C[C@@H]1CCOC12CCN(c1cnc(Sc3cccnc3C(F)(F)F)c(N)n1)CC2. The molecule has 4 heterocycles. The summed E-state index contributed by atoms with van der Waals surface area (Å²) in [5, 5.41) is 0.230. The molecule has 4 rings (SSSR count). The lowest BCUT2D eigenvalue weighted by Crippen LogP contribution is -2.47. The van der Waals surface area contributed by atoms with Crippen LogP contribution in [0.5, 0.6) is 0 Å². The Hall–Kier alpha value is -2.07. The summed E-state index contributed by atoms with van der Waals surface area (Å²) in [6.07, 6.45) is 1.05. The molecule has 2 N–H and O–H groups in total. The van der Waals surface area contributed by atoms with Crippen LogP contribution in [0.1, 0.15) is 31.9 Å². The van der Waals surface area contributed by atoms with Gasteiger partial charge in [0.2, 0.25) is 0 Å². The van der Waals surface area contributed by atoms with Crippen molar-refractivity contribution >= 4 is 23.4 Å². The highest BCUT2D eigenvalue weighted by Gasteiger charge is 2.44. The highest BCUT2D eigenvalue weighted by atomic mass is 32.2. The van der Waals surface area contributed by atoms with Crippen molar-refractivity contribution in [3.63, 3.8) is 0 Å². The van der Waals surface area contributed by atoms with Crippen LogP contribution in [0.25, 0.3) is 0 Å². The quantitative estimate of drug-likeness (QED) is 0.796. The monoisotopic (exact) mass is 425 g/mol. The van der Waals surface area contributed by atoms with Gasteiger partial charge in [-0.05, 0) is 37.3 Å². The molecule has 2 saturated heterocycles. The third kappa shape index (κ3) is 4.00. The van der Waals surface area contributed by atoms with Crippen molar-refractivity contribution in [1.82, 2.24) is 15.0 Å². The third-order valence-corrected chi connectivity index (χ3v) is 6.83. The fourth-order valence-corrected chi connectivity index (χ4v) is 4.87. The largest absolute Gasteiger partial charge is 0.434 e. The molecular formula is C19H22F3N5OS. The van der Waals surface area contributed by atoms with Crippen LogP contribution in [0.3, 0.4) is 0 Å². The fourth-order valence-electron chi connectivity index (χ4n) is 4.00. The minimum absolute atomic E-state index is 0.0421. The van der Waals surface area contributed by atoms with E-state index in [-0.39, 0.29) is 21.3 Å². The van der Waals surface area contributed by atoms with Crippen molar-refractivity contribution in [3.8, 4) is 0 Å². The molecule has 0 aromatic carbocycles. The van der Waals surface area contributed by atoms with Crippen LogP contribution in [-0.4, -0.2) is 40.2 Å². The van der Waals surface area contributed by atoms with Crippen molar-refractivity contribution in [2.75, 3.05) is 30.3 Å². The van der Waals surface area contributed by atoms with Gasteiger partial charge in [0.15, 0.2) is 11.5 Å². The molecule has 0 saturated carbocycles.